The molecule has 2 heterocycles. The number of nitrogens with zero attached hydrogens (tertiary/aromatic N) is 3. The van der Waals surface area contributed by atoms with Gasteiger partial charge in [-0.3, -0.25) is 4.79 Å². The minimum atomic E-state index is -0.221. The van der Waals surface area contributed by atoms with E-state index in [2.05, 4.69) is 37.0 Å². The van der Waals surface area contributed by atoms with Crippen LogP contribution in [0.15, 0.2) is 67.4 Å². The second-order valence-corrected chi connectivity index (χ2v) is 10.3. The topological polar surface area (TPSA) is 84.2 Å². The summed E-state index contributed by atoms with van der Waals surface area (Å²) in [5.41, 5.74) is 2.10. The summed E-state index contributed by atoms with van der Waals surface area (Å²) < 4.78 is 25.7. The lowest BCUT2D eigenvalue weighted by molar-refractivity contribution is 0.174. The number of benzene rings is 3. The number of hydrogen-bond donors (Lipinski definition) is 0. The lowest BCUT2D eigenvalue weighted by atomic mass is 10.2. The Kier molecular flexibility index (Phi) is 7.99. The van der Waals surface area contributed by atoms with Crippen LogP contribution in [0.25, 0.3) is 10.9 Å². The smallest absolute Gasteiger partial charge is 0.282 e. The van der Waals surface area contributed by atoms with Crippen molar-refractivity contribution in [2.45, 2.75) is 33.3 Å². The fourth-order valence-corrected chi connectivity index (χ4v) is 4.83. The molecule has 0 unspecified atom stereocenters. The van der Waals surface area contributed by atoms with E-state index in [1.165, 1.54) is 4.68 Å². The van der Waals surface area contributed by atoms with E-state index in [1.54, 1.807) is 12.3 Å². The fourth-order valence-electron chi connectivity index (χ4n) is 4.04. The summed E-state index contributed by atoms with van der Waals surface area (Å²) in [6.07, 6.45) is 3.08. The molecule has 0 amide bonds. The summed E-state index contributed by atoms with van der Waals surface area (Å²) in [4.78, 5) is 18.0. The zero-order valence-corrected chi connectivity index (χ0v) is 24.0. The molecule has 0 radical (unpaired) electrons. The van der Waals surface area contributed by atoms with Crippen molar-refractivity contribution in [3.63, 3.8) is 0 Å². The third-order valence-corrected chi connectivity index (χ3v) is 7.04. The first-order valence-corrected chi connectivity index (χ1v) is 13.8. The summed E-state index contributed by atoms with van der Waals surface area (Å²) >= 11 is 7.05. The molecule has 0 fully saturated rings. The zero-order valence-electron chi connectivity index (χ0n) is 20.9. The van der Waals surface area contributed by atoms with Crippen LogP contribution in [0.4, 0.5) is 0 Å². The van der Waals surface area contributed by atoms with Gasteiger partial charge >= 0.3 is 0 Å². The Morgan fingerprint density at radius 3 is 2.66 bits per heavy atom. The Morgan fingerprint density at radius 1 is 1.03 bits per heavy atom. The molecule has 10 heteroatoms. The van der Waals surface area contributed by atoms with Crippen LogP contribution in [0, 0.1) is 0 Å². The summed E-state index contributed by atoms with van der Waals surface area (Å²) in [5.74, 6) is 3.19. The Balaban J connectivity index is 1.45. The highest BCUT2D eigenvalue weighted by Crippen LogP contribution is 2.36. The van der Waals surface area contributed by atoms with Gasteiger partial charge in [-0.2, -0.15) is 9.78 Å². The van der Waals surface area contributed by atoms with Gasteiger partial charge < -0.3 is 18.9 Å². The quantitative estimate of drug-likeness (QED) is 0.195. The van der Waals surface area contributed by atoms with Crippen molar-refractivity contribution in [1.82, 2.24) is 9.66 Å². The number of halogens is 2. The van der Waals surface area contributed by atoms with Crippen molar-refractivity contribution in [2.24, 2.45) is 5.10 Å². The van der Waals surface area contributed by atoms with E-state index in [1.807, 2.05) is 56.3 Å². The number of aryl methyl sites for hydroxylation is 1. The van der Waals surface area contributed by atoms with Crippen molar-refractivity contribution in [1.29, 1.82) is 0 Å². The van der Waals surface area contributed by atoms with Crippen molar-refractivity contribution < 1.29 is 18.9 Å². The van der Waals surface area contributed by atoms with Gasteiger partial charge in [-0.25, -0.2) is 4.98 Å². The number of aromatic nitrogens is 2. The van der Waals surface area contributed by atoms with E-state index in [4.69, 9.17) is 23.9 Å². The highest BCUT2D eigenvalue weighted by atomic mass is 79.9. The Bertz CT molecular complexity index is 1590. The molecule has 0 saturated carbocycles. The van der Waals surface area contributed by atoms with Gasteiger partial charge in [0.05, 0.1) is 23.7 Å². The molecule has 0 atom stereocenters. The molecule has 0 bridgehead atoms. The predicted octanol–water partition coefficient (Wildman–Crippen LogP) is 6.46. The normalized spacial score (nSPS) is 12.4. The molecular formula is C28H25Br2N3O5. The maximum atomic E-state index is 13.3. The van der Waals surface area contributed by atoms with Gasteiger partial charge in [0.1, 0.15) is 12.4 Å². The fraction of sp³-hybridized carbons (Fsp3) is 0.250. The van der Waals surface area contributed by atoms with Crippen LogP contribution in [0.5, 0.6) is 23.0 Å². The second kappa shape index (κ2) is 11.6. The molecule has 4 aromatic rings. The van der Waals surface area contributed by atoms with E-state index in [9.17, 15) is 4.79 Å². The summed E-state index contributed by atoms with van der Waals surface area (Å²) in [6.45, 7) is 4.96. The van der Waals surface area contributed by atoms with Crippen molar-refractivity contribution in [3.05, 3.63) is 84.8 Å². The molecule has 196 valence electrons. The Hall–Kier alpha value is -3.37. The highest BCUT2D eigenvalue weighted by molar-refractivity contribution is 9.10. The minimum absolute atomic E-state index is 0.221. The standard InChI is InChI=1S/C28H25Br2N3O5/c1-3-5-27-32-22-8-7-19(29)12-20(22)28(34)33(27)31-14-18-11-25(35-4-2)26(13-21(18)30)36-15-17-6-9-23-24(10-17)38-16-37-23/h6-14H,3-5,15-16H2,1-2H3. The highest BCUT2D eigenvalue weighted by Gasteiger charge is 2.16. The van der Waals surface area contributed by atoms with Gasteiger partial charge in [-0.15, -0.1) is 0 Å². The molecule has 3 aromatic carbocycles. The van der Waals surface area contributed by atoms with Crippen LogP contribution < -0.4 is 24.5 Å². The van der Waals surface area contributed by atoms with Gasteiger partial charge in [0, 0.05) is 20.9 Å². The molecule has 0 spiro atoms. The van der Waals surface area contributed by atoms with Crippen LogP contribution in [-0.4, -0.2) is 29.3 Å². The van der Waals surface area contributed by atoms with Crippen LogP contribution in [0.3, 0.4) is 0 Å². The second-order valence-electron chi connectivity index (χ2n) is 8.53. The maximum absolute atomic E-state index is 13.3. The van der Waals surface area contributed by atoms with Crippen molar-refractivity contribution in [3.8, 4) is 23.0 Å². The molecule has 8 nitrogen and oxygen atoms in total. The van der Waals surface area contributed by atoms with Gasteiger partial charge in [-0.1, -0.05) is 28.9 Å². The molecular weight excluding hydrogens is 618 g/mol. The molecule has 0 aliphatic carbocycles. The summed E-state index contributed by atoms with van der Waals surface area (Å²) in [6, 6.07) is 14.9. The molecule has 0 N–H and O–H groups in total. The first-order chi connectivity index (χ1) is 18.5. The van der Waals surface area contributed by atoms with Crippen LogP contribution in [0.2, 0.25) is 0 Å². The van der Waals surface area contributed by atoms with Gasteiger partial charge in [0.2, 0.25) is 6.79 Å². The molecule has 0 saturated heterocycles. The van der Waals surface area contributed by atoms with Crippen LogP contribution in [0.1, 0.15) is 37.2 Å². The SMILES string of the molecule is CCCc1nc2ccc(Br)cc2c(=O)n1N=Cc1cc(OCC)c(OCc2ccc3c(c2)OCO3)cc1Br. The lowest BCUT2D eigenvalue weighted by Gasteiger charge is -2.14. The first-order valence-electron chi connectivity index (χ1n) is 12.2. The predicted molar refractivity (Wildman–Crippen MR) is 153 cm³/mol. The molecule has 1 aliphatic rings. The van der Waals surface area contributed by atoms with Gasteiger partial charge in [0.25, 0.3) is 5.56 Å². The van der Waals surface area contributed by atoms with E-state index in [0.717, 1.165) is 32.2 Å². The number of rotatable bonds is 9. The lowest BCUT2D eigenvalue weighted by Crippen LogP contribution is -2.22. The molecule has 5 rings (SSSR count). The third kappa shape index (κ3) is 5.56. The largest absolute Gasteiger partial charge is 0.490 e. The van der Waals surface area contributed by atoms with E-state index in [-0.39, 0.29) is 12.4 Å². The van der Waals surface area contributed by atoms with E-state index >= 15 is 0 Å². The Labute approximate surface area is 236 Å². The maximum Gasteiger partial charge on any atom is 0.282 e. The first kappa shape index (κ1) is 26.2. The van der Waals surface area contributed by atoms with Gasteiger partial charge in [-0.05, 0) is 77.3 Å². The minimum Gasteiger partial charge on any atom is -0.490 e. The molecule has 38 heavy (non-hydrogen) atoms. The average Bonchev–Trinajstić information content (AvgIpc) is 3.38. The van der Waals surface area contributed by atoms with E-state index < -0.39 is 0 Å². The number of fused-ring (bicyclic) bond motifs is 2. The van der Waals surface area contributed by atoms with Crippen molar-refractivity contribution >= 4 is 49.0 Å². The zero-order chi connectivity index (χ0) is 26.6. The molecule has 1 aromatic heterocycles. The summed E-state index contributed by atoms with van der Waals surface area (Å²) in [5, 5.41) is 5.04. The third-order valence-electron chi connectivity index (χ3n) is 5.86. The number of hydrogen-bond acceptors (Lipinski definition) is 7. The monoisotopic (exact) mass is 641 g/mol. The van der Waals surface area contributed by atoms with Crippen LogP contribution >= 0.6 is 31.9 Å². The van der Waals surface area contributed by atoms with Gasteiger partial charge in [0.15, 0.2) is 23.0 Å². The Morgan fingerprint density at radius 2 is 1.84 bits per heavy atom. The van der Waals surface area contributed by atoms with Crippen LogP contribution in [-0.2, 0) is 13.0 Å². The van der Waals surface area contributed by atoms with Crippen molar-refractivity contribution in [2.75, 3.05) is 13.4 Å². The molecule has 1 aliphatic heterocycles. The average molecular weight is 643 g/mol. The van der Waals surface area contributed by atoms with E-state index in [0.29, 0.717) is 53.6 Å². The number of ether oxygens (including phenoxy) is 4. The summed E-state index contributed by atoms with van der Waals surface area (Å²) in [7, 11) is 0.